The smallest absolute Gasteiger partial charge is 0.271 e. The van der Waals surface area contributed by atoms with Gasteiger partial charge in [0.15, 0.2) is 0 Å². The first-order chi connectivity index (χ1) is 15.7. The monoisotopic (exact) mass is 432 g/mol. The first-order valence-electron chi connectivity index (χ1n) is 11.0. The molecule has 1 aliphatic rings. The van der Waals surface area contributed by atoms with Gasteiger partial charge in [0.25, 0.3) is 11.5 Å². The Kier molecular flexibility index (Phi) is 7.30. The van der Waals surface area contributed by atoms with Crippen LogP contribution in [0, 0.1) is 0 Å². The number of para-hydroxylation sites is 1. The molecule has 2 heterocycles. The van der Waals surface area contributed by atoms with Crippen molar-refractivity contribution < 1.29 is 9.53 Å². The highest BCUT2D eigenvalue weighted by atomic mass is 16.5. The van der Waals surface area contributed by atoms with Gasteiger partial charge >= 0.3 is 0 Å². The number of carbonyl (C=O) groups is 1. The molecule has 166 valence electrons. The molecule has 1 N–H and O–H groups in total. The summed E-state index contributed by atoms with van der Waals surface area (Å²) in [5, 5.41) is 7.17. The van der Waals surface area contributed by atoms with Gasteiger partial charge in [0.05, 0.1) is 6.54 Å². The van der Waals surface area contributed by atoms with Crippen LogP contribution in [-0.2, 0) is 19.6 Å². The van der Waals surface area contributed by atoms with Gasteiger partial charge in [-0.3, -0.25) is 14.5 Å². The minimum Gasteiger partial charge on any atom is -0.492 e. The second-order valence-electron chi connectivity index (χ2n) is 7.88. The average molecular weight is 433 g/mol. The van der Waals surface area contributed by atoms with Crippen LogP contribution in [0.3, 0.4) is 0 Å². The van der Waals surface area contributed by atoms with E-state index in [2.05, 4.69) is 21.4 Å². The molecule has 0 radical (unpaired) electrons. The summed E-state index contributed by atoms with van der Waals surface area (Å²) in [5.41, 5.74) is 2.26. The number of nitrogens with one attached hydrogen (secondary N) is 1. The van der Waals surface area contributed by atoms with Gasteiger partial charge < -0.3 is 10.1 Å². The largest absolute Gasteiger partial charge is 0.492 e. The minimum atomic E-state index is -0.307. The zero-order valence-corrected chi connectivity index (χ0v) is 18.1. The van der Waals surface area contributed by atoms with Gasteiger partial charge in [-0.2, -0.15) is 5.10 Å². The summed E-state index contributed by atoms with van der Waals surface area (Å²) in [5.74, 6) is 0.417. The molecule has 1 amide bonds. The van der Waals surface area contributed by atoms with E-state index in [0.717, 1.165) is 30.9 Å². The summed E-state index contributed by atoms with van der Waals surface area (Å²) >= 11 is 0. The summed E-state index contributed by atoms with van der Waals surface area (Å²) in [7, 11) is 0. The second-order valence-corrected chi connectivity index (χ2v) is 7.88. The van der Waals surface area contributed by atoms with Crippen LogP contribution >= 0.6 is 0 Å². The van der Waals surface area contributed by atoms with E-state index in [-0.39, 0.29) is 30.3 Å². The number of rotatable bonds is 9. The number of nitrogens with zero attached hydrogens (tertiary/aromatic N) is 3. The van der Waals surface area contributed by atoms with Gasteiger partial charge in [-0.25, -0.2) is 4.68 Å². The fourth-order valence-electron chi connectivity index (χ4n) is 3.83. The van der Waals surface area contributed by atoms with Crippen molar-refractivity contribution in [2.75, 3.05) is 19.7 Å². The van der Waals surface area contributed by atoms with Crippen LogP contribution < -0.4 is 15.6 Å². The van der Waals surface area contributed by atoms with Crippen molar-refractivity contribution in [3.63, 3.8) is 0 Å². The Morgan fingerprint density at radius 2 is 1.66 bits per heavy atom. The SMILES string of the molecule is O=C(NCc1ccccc1CN1CCCC1)c1ccc(=O)n(CCOc2ccccc2)n1. The Labute approximate surface area is 187 Å². The van der Waals surface area contributed by atoms with Crippen LogP contribution in [0.1, 0.15) is 34.5 Å². The Morgan fingerprint density at radius 3 is 2.44 bits per heavy atom. The number of benzene rings is 2. The molecule has 0 atom stereocenters. The predicted octanol–water partition coefficient (Wildman–Crippen LogP) is 2.85. The van der Waals surface area contributed by atoms with Crippen LogP contribution in [0.15, 0.2) is 71.5 Å². The molecule has 1 saturated heterocycles. The van der Waals surface area contributed by atoms with E-state index in [1.807, 2.05) is 48.5 Å². The topological polar surface area (TPSA) is 76.5 Å². The Morgan fingerprint density at radius 1 is 0.938 bits per heavy atom. The van der Waals surface area contributed by atoms with Crippen LogP contribution in [0.25, 0.3) is 0 Å². The highest BCUT2D eigenvalue weighted by Crippen LogP contribution is 2.16. The third-order valence-corrected chi connectivity index (χ3v) is 5.56. The molecule has 1 fully saturated rings. The number of hydrogen-bond acceptors (Lipinski definition) is 5. The van der Waals surface area contributed by atoms with Crippen molar-refractivity contribution in [2.24, 2.45) is 0 Å². The maximum atomic E-state index is 12.7. The van der Waals surface area contributed by atoms with E-state index in [0.29, 0.717) is 6.54 Å². The summed E-state index contributed by atoms with van der Waals surface area (Å²) in [4.78, 5) is 27.3. The molecule has 7 heteroatoms. The molecule has 3 aromatic rings. The van der Waals surface area contributed by atoms with E-state index >= 15 is 0 Å². The summed E-state index contributed by atoms with van der Waals surface area (Å²) in [6.07, 6.45) is 2.49. The first-order valence-corrected chi connectivity index (χ1v) is 11.0. The molecule has 0 unspecified atom stereocenters. The molecule has 7 nitrogen and oxygen atoms in total. The normalized spacial score (nSPS) is 13.8. The van der Waals surface area contributed by atoms with E-state index in [1.54, 1.807) is 0 Å². The molecule has 0 saturated carbocycles. The lowest BCUT2D eigenvalue weighted by Gasteiger charge is -2.17. The maximum absolute atomic E-state index is 12.7. The number of aromatic nitrogens is 2. The standard InChI is InChI=1S/C25H28N4O3/c30-24-13-12-23(27-29(24)16-17-32-22-10-2-1-3-11-22)25(31)26-18-20-8-4-5-9-21(20)19-28-14-6-7-15-28/h1-5,8-13H,6-7,14-19H2,(H,26,31). The van der Waals surface area contributed by atoms with Crippen LogP contribution in [0.4, 0.5) is 0 Å². The molecule has 2 aromatic carbocycles. The number of carbonyl (C=O) groups excluding carboxylic acids is 1. The molecule has 0 spiro atoms. The Hall–Kier alpha value is -3.45. The predicted molar refractivity (Wildman–Crippen MR) is 123 cm³/mol. The molecule has 1 aromatic heterocycles. The zero-order valence-electron chi connectivity index (χ0n) is 18.1. The molecular formula is C25H28N4O3. The third kappa shape index (κ3) is 5.82. The number of hydrogen-bond donors (Lipinski definition) is 1. The fourth-order valence-corrected chi connectivity index (χ4v) is 3.83. The fraction of sp³-hybridized carbons (Fsp3) is 0.320. The lowest BCUT2D eigenvalue weighted by molar-refractivity contribution is 0.0942. The Balaban J connectivity index is 1.35. The van der Waals surface area contributed by atoms with Crippen LogP contribution in [-0.4, -0.2) is 40.3 Å². The van der Waals surface area contributed by atoms with Crippen molar-refractivity contribution in [1.82, 2.24) is 20.0 Å². The summed E-state index contributed by atoms with van der Waals surface area (Å²) in [6.45, 7) is 4.11. The number of ether oxygens (including phenoxy) is 1. The van der Waals surface area contributed by atoms with Crippen molar-refractivity contribution in [2.45, 2.75) is 32.5 Å². The summed E-state index contributed by atoms with van der Waals surface area (Å²) < 4.78 is 6.90. The van der Waals surface area contributed by atoms with Gasteiger partial charge in [0.1, 0.15) is 18.1 Å². The molecule has 4 rings (SSSR count). The Bertz CT molecular complexity index is 1090. The second kappa shape index (κ2) is 10.7. The van der Waals surface area contributed by atoms with Crippen LogP contribution in [0.5, 0.6) is 5.75 Å². The van der Waals surface area contributed by atoms with Gasteiger partial charge in [0, 0.05) is 19.2 Å². The molecule has 0 bridgehead atoms. The summed E-state index contributed by atoms with van der Waals surface area (Å²) in [6, 6.07) is 20.4. The molecule has 1 aliphatic heterocycles. The van der Waals surface area contributed by atoms with E-state index in [9.17, 15) is 9.59 Å². The van der Waals surface area contributed by atoms with Crippen molar-refractivity contribution >= 4 is 5.91 Å². The van der Waals surface area contributed by atoms with Crippen molar-refractivity contribution in [1.29, 1.82) is 0 Å². The molecule has 32 heavy (non-hydrogen) atoms. The first kappa shape index (κ1) is 21.8. The molecule has 0 aliphatic carbocycles. The highest BCUT2D eigenvalue weighted by Gasteiger charge is 2.15. The zero-order chi connectivity index (χ0) is 22.2. The van der Waals surface area contributed by atoms with E-state index in [1.165, 1.54) is 35.2 Å². The minimum absolute atomic E-state index is 0.210. The number of amides is 1. The molecular weight excluding hydrogens is 404 g/mol. The third-order valence-electron chi connectivity index (χ3n) is 5.56. The average Bonchev–Trinajstić information content (AvgIpc) is 3.33. The maximum Gasteiger partial charge on any atom is 0.271 e. The highest BCUT2D eigenvalue weighted by molar-refractivity contribution is 5.91. The van der Waals surface area contributed by atoms with E-state index in [4.69, 9.17) is 4.74 Å². The lowest BCUT2D eigenvalue weighted by atomic mass is 10.1. The van der Waals surface area contributed by atoms with Gasteiger partial charge in [0.2, 0.25) is 0 Å². The quantitative estimate of drug-likeness (QED) is 0.563. The van der Waals surface area contributed by atoms with Gasteiger partial charge in [-0.05, 0) is 55.3 Å². The van der Waals surface area contributed by atoms with Crippen molar-refractivity contribution in [3.8, 4) is 5.75 Å². The number of likely N-dealkylation sites (tertiary alicyclic amines) is 1. The van der Waals surface area contributed by atoms with Crippen LogP contribution in [0.2, 0.25) is 0 Å². The van der Waals surface area contributed by atoms with Gasteiger partial charge in [-0.1, -0.05) is 42.5 Å². The lowest BCUT2D eigenvalue weighted by Crippen LogP contribution is -2.31. The van der Waals surface area contributed by atoms with Crippen molar-refractivity contribution in [3.05, 3.63) is 93.9 Å². The van der Waals surface area contributed by atoms with Gasteiger partial charge in [-0.15, -0.1) is 0 Å². The van der Waals surface area contributed by atoms with E-state index < -0.39 is 0 Å².